The van der Waals surface area contributed by atoms with Crippen LogP contribution in [0.15, 0.2) is 0 Å². The molecule has 0 heterocycles. The van der Waals surface area contributed by atoms with Gasteiger partial charge in [-0.15, -0.1) is 0 Å². The molecule has 78 valence electrons. The number of hydrogen-bond donors (Lipinski definition) is 0. The molecule has 0 saturated heterocycles. The number of rotatable bonds is 6. The monoisotopic (exact) mass is 212 g/mol. The SMILES string of the molecule is CCOC(=O)COP(=O)(OC)OC. The zero-order valence-corrected chi connectivity index (χ0v) is 8.71. The summed E-state index contributed by atoms with van der Waals surface area (Å²) < 4.78 is 29.1. The summed E-state index contributed by atoms with van der Waals surface area (Å²) in [5.41, 5.74) is 0. The molecule has 0 aliphatic rings. The Morgan fingerprint density at radius 2 is 1.85 bits per heavy atom. The van der Waals surface area contributed by atoms with E-state index in [0.717, 1.165) is 14.2 Å². The number of hydrogen-bond acceptors (Lipinski definition) is 6. The Hall–Kier alpha value is -0.420. The topological polar surface area (TPSA) is 71.1 Å². The Kier molecular flexibility index (Phi) is 5.90. The summed E-state index contributed by atoms with van der Waals surface area (Å²) in [6.07, 6.45) is 0. The summed E-state index contributed by atoms with van der Waals surface area (Å²) >= 11 is 0. The van der Waals surface area contributed by atoms with Crippen LogP contribution in [-0.2, 0) is 27.7 Å². The van der Waals surface area contributed by atoms with Crippen LogP contribution < -0.4 is 0 Å². The minimum atomic E-state index is -3.56. The molecule has 0 N–H and O–H groups in total. The van der Waals surface area contributed by atoms with Gasteiger partial charge in [-0.2, -0.15) is 0 Å². The quantitative estimate of drug-likeness (QED) is 0.482. The number of esters is 1. The van der Waals surface area contributed by atoms with E-state index in [-0.39, 0.29) is 6.61 Å². The highest BCUT2D eigenvalue weighted by molar-refractivity contribution is 7.48. The van der Waals surface area contributed by atoms with Gasteiger partial charge >= 0.3 is 13.8 Å². The van der Waals surface area contributed by atoms with Gasteiger partial charge in [-0.1, -0.05) is 0 Å². The van der Waals surface area contributed by atoms with E-state index in [9.17, 15) is 9.36 Å². The first-order chi connectivity index (χ1) is 6.08. The van der Waals surface area contributed by atoms with Crippen molar-refractivity contribution >= 4 is 13.8 Å². The number of carbonyl (C=O) groups is 1. The van der Waals surface area contributed by atoms with Gasteiger partial charge < -0.3 is 4.74 Å². The molecule has 7 heteroatoms. The van der Waals surface area contributed by atoms with Crippen LogP contribution in [0.4, 0.5) is 0 Å². The summed E-state index contributed by atoms with van der Waals surface area (Å²) in [5.74, 6) is -0.614. The third-order valence-corrected chi connectivity index (χ3v) is 2.43. The van der Waals surface area contributed by atoms with Crippen molar-refractivity contribution in [3.63, 3.8) is 0 Å². The molecule has 0 aliphatic carbocycles. The first kappa shape index (κ1) is 12.6. The van der Waals surface area contributed by atoms with Gasteiger partial charge in [0.15, 0.2) is 6.61 Å². The van der Waals surface area contributed by atoms with Gasteiger partial charge in [0.2, 0.25) is 0 Å². The molecule has 0 fully saturated rings. The molecule has 0 aliphatic heterocycles. The van der Waals surface area contributed by atoms with Crippen LogP contribution in [0.1, 0.15) is 6.92 Å². The predicted molar refractivity (Wildman–Crippen MR) is 44.2 cm³/mol. The van der Waals surface area contributed by atoms with E-state index < -0.39 is 20.4 Å². The summed E-state index contributed by atoms with van der Waals surface area (Å²) in [7, 11) is -1.24. The maximum Gasteiger partial charge on any atom is 0.474 e. The molecule has 0 aromatic heterocycles. The number of phosphoric ester groups is 1. The predicted octanol–water partition coefficient (Wildman–Crippen LogP) is 0.967. The lowest BCUT2D eigenvalue weighted by atomic mass is 10.7. The average molecular weight is 212 g/mol. The third-order valence-electron chi connectivity index (χ3n) is 1.09. The molecule has 0 atom stereocenters. The molecule has 0 unspecified atom stereocenters. The van der Waals surface area contributed by atoms with Crippen molar-refractivity contribution in [1.29, 1.82) is 0 Å². The van der Waals surface area contributed by atoms with Gasteiger partial charge in [0.1, 0.15) is 0 Å². The second-order valence-electron chi connectivity index (χ2n) is 1.89. The molecule has 0 aromatic rings. The summed E-state index contributed by atoms with van der Waals surface area (Å²) in [6, 6.07) is 0. The van der Waals surface area contributed by atoms with E-state index >= 15 is 0 Å². The Bertz CT molecular complexity index is 195. The van der Waals surface area contributed by atoms with Gasteiger partial charge in [0.05, 0.1) is 6.61 Å². The van der Waals surface area contributed by atoms with E-state index in [2.05, 4.69) is 18.3 Å². The van der Waals surface area contributed by atoms with Gasteiger partial charge in [0, 0.05) is 14.2 Å². The molecule has 0 bridgehead atoms. The fourth-order valence-corrected chi connectivity index (χ4v) is 1.14. The summed E-state index contributed by atoms with van der Waals surface area (Å²) in [6.45, 7) is 1.45. The van der Waals surface area contributed by atoms with Crippen LogP contribution >= 0.6 is 7.82 Å². The van der Waals surface area contributed by atoms with Crippen molar-refractivity contribution in [3.05, 3.63) is 0 Å². The molecule has 0 rings (SSSR count). The number of ether oxygens (including phenoxy) is 1. The maximum atomic E-state index is 11.2. The third kappa shape index (κ3) is 5.00. The zero-order chi connectivity index (χ0) is 10.3. The zero-order valence-electron chi connectivity index (χ0n) is 7.81. The van der Waals surface area contributed by atoms with Crippen LogP contribution in [0.5, 0.6) is 0 Å². The highest BCUT2D eigenvalue weighted by atomic mass is 31.2. The van der Waals surface area contributed by atoms with E-state index in [4.69, 9.17) is 0 Å². The largest absolute Gasteiger partial charge is 0.474 e. The van der Waals surface area contributed by atoms with Crippen LogP contribution in [0.3, 0.4) is 0 Å². The van der Waals surface area contributed by atoms with Crippen LogP contribution in [0.25, 0.3) is 0 Å². The minimum Gasteiger partial charge on any atom is -0.464 e. The van der Waals surface area contributed by atoms with Gasteiger partial charge in [-0.05, 0) is 6.92 Å². The second kappa shape index (κ2) is 6.10. The Morgan fingerprint density at radius 1 is 1.31 bits per heavy atom. The van der Waals surface area contributed by atoms with Gasteiger partial charge in [0.25, 0.3) is 0 Å². The molecular weight excluding hydrogens is 199 g/mol. The lowest BCUT2D eigenvalue weighted by Crippen LogP contribution is -2.12. The van der Waals surface area contributed by atoms with Crippen molar-refractivity contribution in [1.82, 2.24) is 0 Å². The number of phosphoric acid groups is 1. The maximum absolute atomic E-state index is 11.2. The molecule has 6 nitrogen and oxygen atoms in total. The Morgan fingerprint density at radius 3 is 2.23 bits per heavy atom. The lowest BCUT2D eigenvalue weighted by molar-refractivity contribution is -0.146. The fraction of sp³-hybridized carbons (Fsp3) is 0.833. The van der Waals surface area contributed by atoms with Crippen molar-refractivity contribution < 1.29 is 27.7 Å². The molecule has 0 saturated carbocycles. The van der Waals surface area contributed by atoms with E-state index in [1.54, 1.807) is 6.92 Å². The van der Waals surface area contributed by atoms with Crippen molar-refractivity contribution in [2.75, 3.05) is 27.4 Å². The first-order valence-corrected chi connectivity index (χ1v) is 5.05. The lowest BCUT2D eigenvalue weighted by Gasteiger charge is -2.12. The van der Waals surface area contributed by atoms with Gasteiger partial charge in [-0.3, -0.25) is 13.6 Å². The molecule has 0 amide bonds. The van der Waals surface area contributed by atoms with E-state index in [1.807, 2.05) is 0 Å². The minimum absolute atomic E-state index is 0.243. The standard InChI is InChI=1S/C6H13O6P/c1-4-11-6(7)5-12-13(8,9-2)10-3/h4-5H2,1-3H3. The van der Waals surface area contributed by atoms with Gasteiger partial charge in [-0.25, -0.2) is 9.36 Å². The molecule has 0 radical (unpaired) electrons. The van der Waals surface area contributed by atoms with Crippen molar-refractivity contribution in [2.24, 2.45) is 0 Å². The first-order valence-electron chi connectivity index (χ1n) is 3.59. The van der Waals surface area contributed by atoms with Crippen molar-refractivity contribution in [3.8, 4) is 0 Å². The normalized spacial score (nSPS) is 11.3. The fourth-order valence-electron chi connectivity index (χ4n) is 0.514. The van der Waals surface area contributed by atoms with Crippen LogP contribution in [0.2, 0.25) is 0 Å². The summed E-state index contributed by atoms with van der Waals surface area (Å²) in [5, 5.41) is 0. The highest BCUT2D eigenvalue weighted by Gasteiger charge is 2.24. The van der Waals surface area contributed by atoms with Crippen LogP contribution in [-0.4, -0.2) is 33.4 Å². The molecule has 0 aromatic carbocycles. The smallest absolute Gasteiger partial charge is 0.464 e. The van der Waals surface area contributed by atoms with E-state index in [1.165, 1.54) is 0 Å². The molecule has 13 heavy (non-hydrogen) atoms. The average Bonchev–Trinajstić information content (AvgIpc) is 2.15. The summed E-state index contributed by atoms with van der Waals surface area (Å²) in [4.78, 5) is 10.7. The van der Waals surface area contributed by atoms with E-state index in [0.29, 0.717) is 0 Å². The van der Waals surface area contributed by atoms with Crippen LogP contribution in [0, 0.1) is 0 Å². The molecule has 0 spiro atoms. The molecular formula is C6H13O6P. The Labute approximate surface area is 76.7 Å². The van der Waals surface area contributed by atoms with Crippen molar-refractivity contribution in [2.45, 2.75) is 6.92 Å². The highest BCUT2D eigenvalue weighted by Crippen LogP contribution is 2.47. The Balaban J connectivity index is 3.86. The second-order valence-corrected chi connectivity index (χ2v) is 3.77. The number of carbonyl (C=O) groups excluding carboxylic acids is 1.